The van der Waals surface area contributed by atoms with E-state index in [1.165, 1.54) is 17.4 Å². The van der Waals surface area contributed by atoms with Gasteiger partial charge in [-0.15, -0.1) is 11.3 Å². The lowest BCUT2D eigenvalue weighted by Crippen LogP contribution is -2.25. The molecule has 0 saturated heterocycles. The summed E-state index contributed by atoms with van der Waals surface area (Å²) in [6.45, 7) is 2.46. The highest BCUT2D eigenvalue weighted by atomic mass is 79.9. The number of benzene rings is 1. The highest BCUT2D eigenvalue weighted by Gasteiger charge is 2.35. The summed E-state index contributed by atoms with van der Waals surface area (Å²) in [5.74, 6) is 0. The first-order valence-corrected chi connectivity index (χ1v) is 8.07. The predicted octanol–water partition coefficient (Wildman–Crippen LogP) is 4.82. The predicted molar refractivity (Wildman–Crippen MR) is 81.4 cm³/mol. The van der Waals surface area contributed by atoms with Crippen molar-refractivity contribution in [2.75, 3.05) is 6.54 Å². The van der Waals surface area contributed by atoms with Crippen molar-refractivity contribution in [3.8, 4) is 0 Å². The molecule has 0 bridgehead atoms. The van der Waals surface area contributed by atoms with Gasteiger partial charge < -0.3 is 5.32 Å². The summed E-state index contributed by atoms with van der Waals surface area (Å²) in [7, 11) is 0. The van der Waals surface area contributed by atoms with E-state index in [4.69, 9.17) is 0 Å². The fourth-order valence-corrected chi connectivity index (χ4v) is 3.17. The molecule has 1 unspecified atom stereocenters. The Morgan fingerprint density at radius 1 is 1.38 bits per heavy atom. The lowest BCUT2D eigenvalue weighted by atomic mass is 9.97. The number of hydrogen-bond donors (Lipinski definition) is 1. The zero-order chi connectivity index (χ0) is 15.5. The van der Waals surface area contributed by atoms with Crippen LogP contribution in [-0.4, -0.2) is 11.5 Å². The Labute approximate surface area is 133 Å². The third kappa shape index (κ3) is 4.28. The van der Waals surface area contributed by atoms with Crippen LogP contribution >= 0.6 is 27.3 Å². The van der Waals surface area contributed by atoms with Gasteiger partial charge in [-0.1, -0.05) is 28.9 Å². The van der Waals surface area contributed by atoms with Crippen LogP contribution < -0.4 is 5.32 Å². The molecule has 0 aliphatic heterocycles. The second-order valence-electron chi connectivity index (χ2n) is 4.47. The van der Waals surface area contributed by atoms with Crippen molar-refractivity contribution in [2.45, 2.75) is 25.6 Å². The fraction of sp³-hybridized carbons (Fsp3) is 0.357. The van der Waals surface area contributed by atoms with Crippen molar-refractivity contribution in [1.29, 1.82) is 0 Å². The first-order chi connectivity index (χ1) is 9.91. The second kappa shape index (κ2) is 6.89. The van der Waals surface area contributed by atoms with E-state index in [1.54, 1.807) is 12.3 Å². The van der Waals surface area contributed by atoms with Crippen LogP contribution in [-0.2, 0) is 12.6 Å². The monoisotopic (exact) mass is 378 g/mol. The van der Waals surface area contributed by atoms with Gasteiger partial charge in [-0.25, -0.2) is 4.98 Å². The van der Waals surface area contributed by atoms with Gasteiger partial charge in [0.2, 0.25) is 0 Å². The minimum atomic E-state index is -4.38. The lowest BCUT2D eigenvalue weighted by Gasteiger charge is -2.22. The Balaban J connectivity index is 2.40. The van der Waals surface area contributed by atoms with Crippen molar-refractivity contribution < 1.29 is 13.2 Å². The minimum absolute atomic E-state index is 0.253. The largest absolute Gasteiger partial charge is 0.416 e. The van der Waals surface area contributed by atoms with Crippen LogP contribution in [0.15, 0.2) is 34.2 Å². The number of nitrogens with one attached hydrogen (secondary N) is 1. The molecule has 7 heteroatoms. The quantitative estimate of drug-likeness (QED) is 0.806. The first kappa shape index (κ1) is 16.5. The number of nitrogens with zero attached hydrogens (tertiary/aromatic N) is 1. The zero-order valence-corrected chi connectivity index (χ0v) is 13.6. The van der Waals surface area contributed by atoms with E-state index in [9.17, 15) is 13.2 Å². The van der Waals surface area contributed by atoms with Crippen molar-refractivity contribution in [3.63, 3.8) is 0 Å². The van der Waals surface area contributed by atoms with Gasteiger partial charge >= 0.3 is 6.18 Å². The van der Waals surface area contributed by atoms with E-state index in [0.29, 0.717) is 17.4 Å². The molecule has 1 N–H and O–H groups in total. The molecule has 2 aromatic rings. The molecule has 1 aromatic carbocycles. The van der Waals surface area contributed by atoms with E-state index in [1.807, 2.05) is 12.3 Å². The molecule has 0 saturated carbocycles. The number of rotatable bonds is 5. The summed E-state index contributed by atoms with van der Waals surface area (Å²) >= 11 is 4.55. The summed E-state index contributed by atoms with van der Waals surface area (Å²) in [4.78, 5) is 4.16. The van der Waals surface area contributed by atoms with Crippen molar-refractivity contribution in [1.82, 2.24) is 10.3 Å². The molecule has 0 aliphatic carbocycles. The number of thiazole rings is 1. The third-order valence-electron chi connectivity index (χ3n) is 3.01. The van der Waals surface area contributed by atoms with Crippen LogP contribution in [0.25, 0.3) is 0 Å². The summed E-state index contributed by atoms with van der Waals surface area (Å²) in [5, 5.41) is 5.76. The second-order valence-corrected chi connectivity index (χ2v) is 6.36. The van der Waals surface area contributed by atoms with Gasteiger partial charge in [-0.3, -0.25) is 0 Å². The van der Waals surface area contributed by atoms with Gasteiger partial charge in [0.15, 0.2) is 0 Å². The lowest BCUT2D eigenvalue weighted by molar-refractivity contribution is -0.138. The smallest absolute Gasteiger partial charge is 0.310 e. The summed E-state index contributed by atoms with van der Waals surface area (Å²) < 4.78 is 40.2. The Morgan fingerprint density at radius 3 is 2.71 bits per heavy atom. The van der Waals surface area contributed by atoms with E-state index >= 15 is 0 Å². The Morgan fingerprint density at radius 2 is 2.14 bits per heavy atom. The van der Waals surface area contributed by atoms with E-state index in [-0.39, 0.29) is 5.56 Å². The highest BCUT2D eigenvalue weighted by Crippen LogP contribution is 2.37. The van der Waals surface area contributed by atoms with Crippen molar-refractivity contribution in [2.24, 2.45) is 0 Å². The molecule has 0 amide bonds. The van der Waals surface area contributed by atoms with E-state index in [0.717, 1.165) is 11.1 Å². The number of alkyl halides is 3. The Bertz CT molecular complexity index is 584. The van der Waals surface area contributed by atoms with Gasteiger partial charge in [0.05, 0.1) is 10.6 Å². The molecule has 1 aromatic heterocycles. The minimum Gasteiger partial charge on any atom is -0.310 e. The SMILES string of the molecule is CCNC(Cc1nccs1)c1ccc(Br)cc1C(F)(F)F. The molecule has 114 valence electrons. The average molecular weight is 379 g/mol. The van der Waals surface area contributed by atoms with Crippen LogP contribution in [0, 0.1) is 0 Å². The van der Waals surface area contributed by atoms with Crippen molar-refractivity contribution >= 4 is 27.3 Å². The standard InChI is InChI=1S/C14H14BrF3N2S/c1-2-19-12(8-13-20-5-6-21-13)10-4-3-9(15)7-11(10)14(16,17)18/h3-7,12,19H,2,8H2,1H3. The van der Waals surface area contributed by atoms with Crippen LogP contribution in [0.5, 0.6) is 0 Å². The number of halogens is 4. The molecule has 0 radical (unpaired) electrons. The molecule has 0 fully saturated rings. The summed E-state index contributed by atoms with van der Waals surface area (Å²) in [6, 6.07) is 3.87. The molecular formula is C14H14BrF3N2S. The van der Waals surface area contributed by atoms with E-state index < -0.39 is 17.8 Å². The van der Waals surface area contributed by atoms with Gasteiger partial charge in [-0.2, -0.15) is 13.2 Å². The molecule has 2 nitrogen and oxygen atoms in total. The van der Waals surface area contributed by atoms with Crippen LogP contribution in [0.4, 0.5) is 13.2 Å². The third-order valence-corrected chi connectivity index (χ3v) is 4.30. The number of aromatic nitrogens is 1. The highest BCUT2D eigenvalue weighted by molar-refractivity contribution is 9.10. The number of likely N-dealkylation sites (N-methyl/N-ethyl adjacent to an activating group) is 1. The maximum Gasteiger partial charge on any atom is 0.416 e. The topological polar surface area (TPSA) is 24.9 Å². The number of hydrogen-bond acceptors (Lipinski definition) is 3. The zero-order valence-electron chi connectivity index (χ0n) is 11.2. The molecule has 1 heterocycles. The first-order valence-electron chi connectivity index (χ1n) is 6.40. The van der Waals surface area contributed by atoms with Crippen LogP contribution in [0.1, 0.15) is 29.1 Å². The molecule has 2 rings (SSSR count). The normalized spacial score (nSPS) is 13.4. The molecular weight excluding hydrogens is 365 g/mol. The maximum atomic E-state index is 13.2. The van der Waals surface area contributed by atoms with Gasteiger partial charge in [0.25, 0.3) is 0 Å². The maximum absolute atomic E-state index is 13.2. The Hall–Kier alpha value is -0.920. The van der Waals surface area contributed by atoms with Crippen molar-refractivity contribution in [3.05, 3.63) is 50.4 Å². The van der Waals surface area contributed by atoms with Crippen LogP contribution in [0.3, 0.4) is 0 Å². The molecule has 1 atom stereocenters. The molecule has 0 spiro atoms. The van der Waals surface area contributed by atoms with Gasteiger partial charge in [-0.05, 0) is 24.2 Å². The van der Waals surface area contributed by atoms with E-state index in [2.05, 4.69) is 26.2 Å². The average Bonchev–Trinajstić information content (AvgIpc) is 2.90. The van der Waals surface area contributed by atoms with Gasteiger partial charge in [0, 0.05) is 28.5 Å². The summed E-state index contributed by atoms with van der Waals surface area (Å²) in [5.41, 5.74) is -0.359. The fourth-order valence-electron chi connectivity index (χ4n) is 2.14. The summed E-state index contributed by atoms with van der Waals surface area (Å²) in [6.07, 6.45) is -2.28. The molecule has 21 heavy (non-hydrogen) atoms. The van der Waals surface area contributed by atoms with Crippen LogP contribution in [0.2, 0.25) is 0 Å². The van der Waals surface area contributed by atoms with Gasteiger partial charge in [0.1, 0.15) is 0 Å². The molecule has 0 aliphatic rings. The Kier molecular flexibility index (Phi) is 5.40.